The highest BCUT2D eigenvalue weighted by atomic mass is 32.2. The Hall–Kier alpha value is -2.14. The minimum absolute atomic E-state index is 0.134. The van der Waals surface area contributed by atoms with Crippen LogP contribution in [-0.4, -0.2) is 30.9 Å². The van der Waals surface area contributed by atoms with Crippen LogP contribution in [0.4, 0.5) is 11.4 Å². The van der Waals surface area contributed by atoms with Crippen molar-refractivity contribution >= 4 is 21.2 Å². The van der Waals surface area contributed by atoms with Crippen LogP contribution in [0.25, 0.3) is 0 Å². The van der Waals surface area contributed by atoms with E-state index in [1.807, 2.05) is 6.07 Å². The number of sulfone groups is 1. The predicted molar refractivity (Wildman–Crippen MR) is 73.1 cm³/mol. The first-order chi connectivity index (χ1) is 9.44. The summed E-state index contributed by atoms with van der Waals surface area (Å²) in [5.41, 5.74) is 0.385. The van der Waals surface area contributed by atoms with Crippen molar-refractivity contribution in [3.63, 3.8) is 0 Å². The van der Waals surface area contributed by atoms with E-state index in [1.54, 1.807) is 0 Å². The molecule has 1 N–H and O–H groups in total. The van der Waals surface area contributed by atoms with Gasteiger partial charge in [0.05, 0.1) is 27.2 Å². The Labute approximate surface area is 116 Å². The molecule has 0 bridgehead atoms. The molecular weight excluding hydrogens is 282 g/mol. The van der Waals surface area contributed by atoms with Gasteiger partial charge in [0.2, 0.25) is 0 Å². The van der Waals surface area contributed by atoms with Crippen LogP contribution >= 0.6 is 0 Å². The summed E-state index contributed by atoms with van der Waals surface area (Å²) in [6, 6.07) is 5.76. The highest BCUT2D eigenvalue weighted by Gasteiger charge is 2.31. The van der Waals surface area contributed by atoms with Gasteiger partial charge in [-0.1, -0.05) is 0 Å². The van der Waals surface area contributed by atoms with Crippen LogP contribution < -0.4 is 5.32 Å². The second-order valence-electron chi connectivity index (χ2n) is 4.61. The van der Waals surface area contributed by atoms with E-state index in [1.165, 1.54) is 18.2 Å². The normalized spacial score (nSPS) is 20.2. The van der Waals surface area contributed by atoms with E-state index in [0.29, 0.717) is 18.5 Å². The molecule has 0 aromatic heterocycles. The van der Waals surface area contributed by atoms with Gasteiger partial charge in [-0.15, -0.1) is 0 Å². The Morgan fingerprint density at radius 1 is 1.50 bits per heavy atom. The highest BCUT2D eigenvalue weighted by Crippen LogP contribution is 2.24. The molecule has 1 atom stereocenters. The van der Waals surface area contributed by atoms with E-state index < -0.39 is 20.0 Å². The van der Waals surface area contributed by atoms with Crippen LogP contribution in [0.1, 0.15) is 18.4 Å². The maximum atomic E-state index is 11.7. The second kappa shape index (κ2) is 5.46. The fraction of sp³-hybridized carbons (Fsp3) is 0.417. The summed E-state index contributed by atoms with van der Waals surface area (Å²) < 4.78 is 23.4. The number of nitrogens with zero attached hydrogens (tertiary/aromatic N) is 2. The van der Waals surface area contributed by atoms with Crippen molar-refractivity contribution in [3.05, 3.63) is 33.9 Å². The summed E-state index contributed by atoms with van der Waals surface area (Å²) in [6.07, 6.45) is 1.25. The Morgan fingerprint density at radius 3 is 2.80 bits per heavy atom. The topological polar surface area (TPSA) is 113 Å². The van der Waals surface area contributed by atoms with Gasteiger partial charge in [-0.2, -0.15) is 5.26 Å². The number of nitro groups is 1. The number of hydrogen-bond donors (Lipinski definition) is 1. The minimum Gasteiger partial charge on any atom is -0.383 e. The molecule has 1 unspecified atom stereocenters. The summed E-state index contributed by atoms with van der Waals surface area (Å²) >= 11 is 0. The minimum atomic E-state index is -3.05. The molecule has 0 spiro atoms. The fourth-order valence-electron chi connectivity index (χ4n) is 2.20. The van der Waals surface area contributed by atoms with Gasteiger partial charge in [-0.3, -0.25) is 10.1 Å². The van der Waals surface area contributed by atoms with Gasteiger partial charge in [0.1, 0.15) is 6.07 Å². The molecule has 2 rings (SSSR count). The van der Waals surface area contributed by atoms with Gasteiger partial charge in [0.15, 0.2) is 9.84 Å². The molecule has 0 radical (unpaired) electrons. The van der Waals surface area contributed by atoms with Crippen LogP contribution in [0.5, 0.6) is 0 Å². The highest BCUT2D eigenvalue weighted by molar-refractivity contribution is 7.92. The van der Waals surface area contributed by atoms with Crippen LogP contribution in [0.3, 0.4) is 0 Å². The van der Waals surface area contributed by atoms with Crippen LogP contribution in [0.15, 0.2) is 18.2 Å². The smallest absolute Gasteiger partial charge is 0.270 e. The van der Waals surface area contributed by atoms with Gasteiger partial charge in [-0.25, -0.2) is 8.42 Å². The maximum absolute atomic E-state index is 11.7. The Morgan fingerprint density at radius 2 is 2.25 bits per heavy atom. The van der Waals surface area contributed by atoms with E-state index >= 15 is 0 Å². The number of nitrogens with one attached hydrogen (secondary N) is 1. The second-order valence-corrected chi connectivity index (χ2v) is 7.01. The quantitative estimate of drug-likeness (QED) is 0.664. The lowest BCUT2D eigenvalue weighted by Crippen LogP contribution is -2.25. The zero-order valence-electron chi connectivity index (χ0n) is 10.6. The Bertz CT molecular complexity index is 678. The fourth-order valence-corrected chi connectivity index (χ4v) is 3.97. The number of nitro benzene ring substituents is 1. The van der Waals surface area contributed by atoms with E-state index in [4.69, 9.17) is 5.26 Å². The lowest BCUT2D eigenvalue weighted by molar-refractivity contribution is -0.384. The zero-order chi connectivity index (χ0) is 14.8. The molecule has 0 aliphatic carbocycles. The molecule has 1 aliphatic rings. The zero-order valence-corrected chi connectivity index (χ0v) is 11.4. The number of hydrogen-bond acceptors (Lipinski definition) is 6. The van der Waals surface area contributed by atoms with Crippen molar-refractivity contribution in [2.45, 2.75) is 18.1 Å². The van der Waals surface area contributed by atoms with E-state index in [-0.39, 0.29) is 23.5 Å². The molecule has 1 aromatic rings. The van der Waals surface area contributed by atoms with Gasteiger partial charge >= 0.3 is 0 Å². The summed E-state index contributed by atoms with van der Waals surface area (Å²) in [5, 5.41) is 22.1. The molecular formula is C12H13N3O4S. The van der Waals surface area contributed by atoms with Crippen LogP contribution in [-0.2, 0) is 9.84 Å². The Balaban J connectivity index is 2.14. The molecule has 1 fully saturated rings. The van der Waals surface area contributed by atoms with Crippen molar-refractivity contribution in [3.8, 4) is 6.07 Å². The van der Waals surface area contributed by atoms with Gasteiger partial charge in [0, 0.05) is 18.7 Å². The average Bonchev–Trinajstić information content (AvgIpc) is 2.75. The summed E-state index contributed by atoms with van der Waals surface area (Å²) in [7, 11) is -3.05. The number of anilines is 1. The molecule has 1 aliphatic heterocycles. The molecule has 0 saturated carbocycles. The molecule has 20 heavy (non-hydrogen) atoms. The number of nitriles is 1. The van der Waals surface area contributed by atoms with Crippen molar-refractivity contribution in [2.75, 3.05) is 17.6 Å². The van der Waals surface area contributed by atoms with Crippen molar-refractivity contribution in [1.29, 1.82) is 5.26 Å². The number of benzene rings is 1. The van der Waals surface area contributed by atoms with E-state index in [9.17, 15) is 18.5 Å². The standard InChI is InChI=1S/C12H13N3O4S/c13-7-9-6-10(15(16)17)3-4-12(9)14-8-11-2-1-5-20(11,18)19/h3-4,6,11,14H,1-2,5,8H2. The Kier molecular flexibility index (Phi) is 3.90. The van der Waals surface area contributed by atoms with Gasteiger partial charge in [0.25, 0.3) is 5.69 Å². The first-order valence-electron chi connectivity index (χ1n) is 6.08. The van der Waals surface area contributed by atoms with Crippen molar-refractivity contribution in [1.82, 2.24) is 0 Å². The summed E-state index contributed by atoms with van der Waals surface area (Å²) in [4.78, 5) is 10.1. The molecule has 1 saturated heterocycles. The molecule has 7 nitrogen and oxygen atoms in total. The van der Waals surface area contributed by atoms with Crippen molar-refractivity contribution in [2.24, 2.45) is 0 Å². The summed E-state index contributed by atoms with van der Waals surface area (Å²) in [5.74, 6) is 0.199. The van der Waals surface area contributed by atoms with Gasteiger partial charge < -0.3 is 5.32 Å². The predicted octanol–water partition coefficient (Wildman–Crippen LogP) is 1.46. The molecule has 0 amide bonds. The largest absolute Gasteiger partial charge is 0.383 e. The lowest BCUT2D eigenvalue weighted by Gasteiger charge is -2.12. The van der Waals surface area contributed by atoms with Gasteiger partial charge in [-0.05, 0) is 18.9 Å². The monoisotopic (exact) mass is 295 g/mol. The third-order valence-corrected chi connectivity index (χ3v) is 5.59. The van der Waals surface area contributed by atoms with Crippen molar-refractivity contribution < 1.29 is 13.3 Å². The first kappa shape index (κ1) is 14.3. The molecule has 8 heteroatoms. The van der Waals surface area contributed by atoms with Crippen LogP contribution in [0.2, 0.25) is 0 Å². The maximum Gasteiger partial charge on any atom is 0.270 e. The third kappa shape index (κ3) is 2.88. The molecule has 1 aromatic carbocycles. The molecule has 106 valence electrons. The SMILES string of the molecule is N#Cc1cc([N+](=O)[O-])ccc1NCC1CCCS1(=O)=O. The lowest BCUT2D eigenvalue weighted by atomic mass is 10.1. The first-order valence-corrected chi connectivity index (χ1v) is 7.79. The number of non-ortho nitro benzene ring substituents is 1. The average molecular weight is 295 g/mol. The van der Waals surface area contributed by atoms with E-state index in [2.05, 4.69) is 5.32 Å². The summed E-state index contributed by atoms with van der Waals surface area (Å²) in [6.45, 7) is 0.217. The molecule has 1 heterocycles. The third-order valence-electron chi connectivity index (χ3n) is 3.32. The van der Waals surface area contributed by atoms with Crippen LogP contribution in [0, 0.1) is 21.4 Å². The van der Waals surface area contributed by atoms with E-state index in [0.717, 1.165) is 0 Å². The number of rotatable bonds is 4.